The first kappa shape index (κ1) is 21.4. The fourth-order valence-electron chi connectivity index (χ4n) is 4.04. The molecule has 8 heteroatoms. The van der Waals surface area contributed by atoms with Gasteiger partial charge in [0.1, 0.15) is 5.82 Å². The van der Waals surface area contributed by atoms with Gasteiger partial charge in [-0.1, -0.05) is 6.07 Å². The van der Waals surface area contributed by atoms with Crippen molar-refractivity contribution < 1.29 is 14.6 Å². The van der Waals surface area contributed by atoms with Crippen molar-refractivity contribution in [3.05, 3.63) is 35.9 Å². The highest BCUT2D eigenvalue weighted by Gasteiger charge is 2.22. The molecule has 2 heterocycles. The number of nitrogens with one attached hydrogen (secondary N) is 1. The molecule has 1 unspecified atom stereocenters. The number of imidazole rings is 1. The highest BCUT2D eigenvalue weighted by atomic mass is 16.5. The first-order valence-corrected chi connectivity index (χ1v) is 11.0. The van der Waals surface area contributed by atoms with E-state index < -0.39 is 6.10 Å². The van der Waals surface area contributed by atoms with E-state index in [2.05, 4.69) is 20.3 Å². The first-order chi connectivity index (χ1) is 15.1. The van der Waals surface area contributed by atoms with Crippen LogP contribution < -0.4 is 14.8 Å². The number of aliphatic hydroxyl groups is 1. The van der Waals surface area contributed by atoms with E-state index in [9.17, 15) is 5.11 Å². The van der Waals surface area contributed by atoms with Crippen LogP contribution >= 0.6 is 0 Å². The van der Waals surface area contributed by atoms with Crippen molar-refractivity contribution in [1.29, 1.82) is 0 Å². The molecule has 3 aliphatic rings. The molecular formula is C23H31N5O3. The molecule has 2 N–H and O–H groups in total. The van der Waals surface area contributed by atoms with Gasteiger partial charge in [0.2, 0.25) is 0 Å². The Kier molecular flexibility index (Phi) is 6.56. The first-order valence-electron chi connectivity index (χ1n) is 11.0. The third-order valence-corrected chi connectivity index (χ3v) is 5.51. The standard InChI is InChI=1S/C23H31N5O3/c1-4-24-22-21-23(27-20(26-21)11-15(2)29)28(14-25-22)13-16-9-10-18(30-3)19(12-16)31-17-7-5-6-8-17/h9-10,12,14-15,17,24,29H,4-8,11,13H2,1-3H3. The fraction of sp³-hybridized carbons (Fsp3) is 0.522. The molecule has 2 aliphatic heterocycles. The van der Waals surface area contributed by atoms with Crippen molar-refractivity contribution in [3.63, 3.8) is 0 Å². The maximum absolute atomic E-state index is 9.76. The molecule has 0 bridgehead atoms. The molecular weight excluding hydrogens is 394 g/mol. The second-order valence-electron chi connectivity index (χ2n) is 8.13. The molecule has 0 aromatic heterocycles. The highest BCUT2D eigenvalue weighted by Crippen LogP contribution is 2.33. The number of hydrogen-bond acceptors (Lipinski definition) is 7. The molecule has 1 aliphatic carbocycles. The smallest absolute Gasteiger partial charge is 0.166 e. The predicted molar refractivity (Wildman–Crippen MR) is 119 cm³/mol. The quantitative estimate of drug-likeness (QED) is 0.542. The van der Waals surface area contributed by atoms with Gasteiger partial charge in [-0.15, -0.1) is 0 Å². The van der Waals surface area contributed by atoms with E-state index in [1.807, 2.05) is 29.7 Å². The van der Waals surface area contributed by atoms with E-state index >= 15 is 0 Å². The van der Waals surface area contributed by atoms with Gasteiger partial charge >= 0.3 is 0 Å². The second-order valence-corrected chi connectivity index (χ2v) is 8.13. The number of nitrogens with zero attached hydrogens (tertiary/aromatic N) is 4. The number of methoxy groups -OCH3 is 1. The van der Waals surface area contributed by atoms with Crippen molar-refractivity contribution in [3.8, 4) is 23.0 Å². The Labute approximate surface area is 183 Å². The van der Waals surface area contributed by atoms with Crippen LogP contribution in [0.1, 0.15) is 50.9 Å². The summed E-state index contributed by atoms with van der Waals surface area (Å²) >= 11 is 0. The van der Waals surface area contributed by atoms with Gasteiger partial charge in [-0.05, 0) is 57.2 Å². The molecule has 1 fully saturated rings. The molecule has 1 saturated carbocycles. The van der Waals surface area contributed by atoms with E-state index in [0.29, 0.717) is 24.6 Å². The third-order valence-electron chi connectivity index (χ3n) is 5.51. The van der Waals surface area contributed by atoms with E-state index in [1.54, 1.807) is 20.4 Å². The SMILES string of the molecule is CCNc1ncn(Cc2ccc(OC)c(OC3CCCC3)c2)c2nc(CC(C)O)nc1-2. The van der Waals surface area contributed by atoms with E-state index in [0.717, 1.165) is 48.0 Å². The summed E-state index contributed by atoms with van der Waals surface area (Å²) in [7, 11) is 1.67. The van der Waals surface area contributed by atoms with Gasteiger partial charge in [-0.3, -0.25) is 0 Å². The monoisotopic (exact) mass is 425 g/mol. The minimum Gasteiger partial charge on any atom is -0.493 e. The average molecular weight is 426 g/mol. The van der Waals surface area contributed by atoms with Gasteiger partial charge in [-0.25, -0.2) is 15.0 Å². The highest BCUT2D eigenvalue weighted by molar-refractivity contribution is 5.67. The van der Waals surface area contributed by atoms with Crippen LogP contribution in [0.5, 0.6) is 11.5 Å². The topological polar surface area (TPSA) is 94.3 Å². The van der Waals surface area contributed by atoms with Crippen LogP contribution in [-0.4, -0.2) is 50.5 Å². The molecule has 1 aromatic carbocycles. The van der Waals surface area contributed by atoms with E-state index in [4.69, 9.17) is 9.47 Å². The summed E-state index contributed by atoms with van der Waals surface area (Å²) in [5.74, 6) is 3.60. The number of ether oxygens (including phenoxy) is 2. The lowest BCUT2D eigenvalue weighted by atomic mass is 10.2. The van der Waals surface area contributed by atoms with Crippen LogP contribution in [0.4, 0.5) is 5.82 Å². The van der Waals surface area contributed by atoms with Gasteiger partial charge in [0.15, 0.2) is 28.8 Å². The molecule has 0 amide bonds. The Hall–Kier alpha value is -2.87. The minimum absolute atomic E-state index is 0.258. The van der Waals surface area contributed by atoms with Crippen LogP contribution in [0, 0.1) is 0 Å². The van der Waals surface area contributed by atoms with Gasteiger partial charge in [-0.2, -0.15) is 0 Å². The zero-order valence-corrected chi connectivity index (χ0v) is 18.5. The number of hydrogen-bond donors (Lipinski definition) is 2. The van der Waals surface area contributed by atoms with Crippen LogP contribution in [0.2, 0.25) is 0 Å². The van der Waals surface area contributed by atoms with Crippen molar-refractivity contribution in [2.75, 3.05) is 19.0 Å². The summed E-state index contributed by atoms with van der Waals surface area (Å²) in [6, 6.07) is 6.03. The van der Waals surface area contributed by atoms with Crippen molar-refractivity contribution in [2.24, 2.45) is 0 Å². The summed E-state index contributed by atoms with van der Waals surface area (Å²) in [4.78, 5) is 13.9. The molecule has 0 radical (unpaired) electrons. The van der Waals surface area contributed by atoms with E-state index in [-0.39, 0.29) is 6.10 Å². The fourth-order valence-corrected chi connectivity index (χ4v) is 4.04. The number of anilines is 1. The molecule has 4 rings (SSSR count). The van der Waals surface area contributed by atoms with Crippen molar-refractivity contribution in [1.82, 2.24) is 19.5 Å². The molecule has 8 nitrogen and oxygen atoms in total. The molecule has 1 aromatic rings. The lowest BCUT2D eigenvalue weighted by Gasteiger charge is -2.18. The normalized spacial score (nSPS) is 15.4. The Morgan fingerprint density at radius 1 is 1.23 bits per heavy atom. The molecule has 1 atom stereocenters. The number of rotatable bonds is 9. The molecule has 31 heavy (non-hydrogen) atoms. The maximum atomic E-state index is 9.76. The molecule has 166 valence electrons. The summed E-state index contributed by atoms with van der Waals surface area (Å²) in [6.07, 6.45) is 6.56. The Morgan fingerprint density at radius 2 is 2.03 bits per heavy atom. The van der Waals surface area contributed by atoms with Crippen molar-refractivity contribution in [2.45, 2.75) is 64.7 Å². The van der Waals surface area contributed by atoms with Crippen LogP contribution in [0.3, 0.4) is 0 Å². The predicted octanol–water partition coefficient (Wildman–Crippen LogP) is 3.51. The Balaban J connectivity index is 1.64. The molecule has 0 saturated heterocycles. The Bertz CT molecular complexity index is 981. The largest absolute Gasteiger partial charge is 0.493 e. The van der Waals surface area contributed by atoms with Crippen LogP contribution in [-0.2, 0) is 13.0 Å². The summed E-state index contributed by atoms with van der Waals surface area (Å²) < 4.78 is 13.7. The number of aromatic nitrogens is 4. The lowest BCUT2D eigenvalue weighted by Crippen LogP contribution is -2.13. The molecule has 0 spiro atoms. The lowest BCUT2D eigenvalue weighted by molar-refractivity contribution is 0.193. The zero-order chi connectivity index (χ0) is 21.8. The number of benzene rings is 1. The summed E-state index contributed by atoms with van der Waals surface area (Å²) in [5.41, 5.74) is 1.79. The van der Waals surface area contributed by atoms with Crippen LogP contribution in [0.15, 0.2) is 24.5 Å². The summed E-state index contributed by atoms with van der Waals surface area (Å²) in [6.45, 7) is 5.07. The van der Waals surface area contributed by atoms with Gasteiger partial charge < -0.3 is 24.5 Å². The van der Waals surface area contributed by atoms with Crippen LogP contribution in [0.25, 0.3) is 11.5 Å². The van der Waals surface area contributed by atoms with Gasteiger partial charge in [0.05, 0.1) is 32.2 Å². The van der Waals surface area contributed by atoms with E-state index in [1.165, 1.54) is 12.8 Å². The van der Waals surface area contributed by atoms with Gasteiger partial charge in [0, 0.05) is 13.0 Å². The summed E-state index contributed by atoms with van der Waals surface area (Å²) in [5, 5.41) is 13.0. The van der Waals surface area contributed by atoms with Crippen molar-refractivity contribution >= 4 is 5.82 Å². The minimum atomic E-state index is -0.502. The number of fused-ring (bicyclic) bond motifs is 1. The number of aliphatic hydroxyl groups excluding tert-OH is 1. The Morgan fingerprint density at radius 3 is 2.74 bits per heavy atom. The second kappa shape index (κ2) is 9.51. The zero-order valence-electron chi connectivity index (χ0n) is 18.5. The van der Waals surface area contributed by atoms with Gasteiger partial charge in [0.25, 0.3) is 0 Å². The average Bonchev–Trinajstić information content (AvgIpc) is 3.40. The third kappa shape index (κ3) is 4.90. The maximum Gasteiger partial charge on any atom is 0.166 e.